The molecule has 1 N–H and O–H groups in total. The predicted octanol–water partition coefficient (Wildman–Crippen LogP) is 4.25. The summed E-state index contributed by atoms with van der Waals surface area (Å²) in [5, 5.41) is 5.35. The maximum Gasteiger partial charge on any atom is 0.417 e. The molecule has 1 saturated heterocycles. The molecule has 0 bridgehead atoms. The number of hydrogen-bond acceptors (Lipinski definition) is 4. The van der Waals surface area contributed by atoms with Crippen molar-refractivity contribution in [2.75, 3.05) is 37.6 Å². The van der Waals surface area contributed by atoms with Gasteiger partial charge in [-0.2, -0.15) is 13.2 Å². The molecule has 0 radical (unpaired) electrons. The van der Waals surface area contributed by atoms with Gasteiger partial charge in [0.25, 0.3) is 0 Å². The second-order valence-corrected chi connectivity index (χ2v) is 8.02. The lowest BCUT2D eigenvalue weighted by Gasteiger charge is -2.35. The average molecular weight is 442 g/mol. The molecular weight excluding hydrogens is 417 g/mol. The summed E-state index contributed by atoms with van der Waals surface area (Å²) in [4.78, 5) is 20.6. The number of piperazine rings is 1. The number of pyridine rings is 1. The number of anilines is 1. The van der Waals surface area contributed by atoms with Crippen LogP contribution in [0.1, 0.15) is 24.1 Å². The largest absolute Gasteiger partial charge is 0.417 e. The zero-order chi connectivity index (χ0) is 22.7. The average Bonchev–Trinajstić information content (AvgIpc) is 2.78. The summed E-state index contributed by atoms with van der Waals surface area (Å²) in [5.74, 6) is 0.471. The first-order valence-electron chi connectivity index (χ1n) is 10.6. The Hall–Kier alpha value is -3.13. The fraction of sp³-hybridized carbons (Fsp3) is 0.333. The van der Waals surface area contributed by atoms with E-state index in [1.807, 2.05) is 41.0 Å². The van der Waals surface area contributed by atoms with Gasteiger partial charge in [0.2, 0.25) is 5.91 Å². The zero-order valence-electron chi connectivity index (χ0n) is 17.8. The SMILES string of the molecule is CC(NC(=O)CN1CCN(c2ccc(C(F)(F)F)cn2)CC1)c1cccc2ccccc12. The highest BCUT2D eigenvalue weighted by Gasteiger charge is 2.31. The van der Waals surface area contributed by atoms with E-state index in [0.29, 0.717) is 32.0 Å². The first-order valence-corrected chi connectivity index (χ1v) is 10.6. The van der Waals surface area contributed by atoms with Gasteiger partial charge < -0.3 is 10.2 Å². The van der Waals surface area contributed by atoms with Gasteiger partial charge in [-0.25, -0.2) is 4.98 Å². The second-order valence-electron chi connectivity index (χ2n) is 8.02. The molecule has 1 aliphatic heterocycles. The van der Waals surface area contributed by atoms with Crippen LogP contribution in [0.4, 0.5) is 19.0 Å². The molecule has 5 nitrogen and oxygen atoms in total. The van der Waals surface area contributed by atoms with Crippen molar-refractivity contribution in [3.63, 3.8) is 0 Å². The molecule has 1 amide bonds. The van der Waals surface area contributed by atoms with Crippen LogP contribution < -0.4 is 10.2 Å². The Morgan fingerprint density at radius 2 is 1.75 bits per heavy atom. The first-order chi connectivity index (χ1) is 15.3. The van der Waals surface area contributed by atoms with E-state index in [4.69, 9.17) is 0 Å². The van der Waals surface area contributed by atoms with Gasteiger partial charge in [0.1, 0.15) is 5.82 Å². The van der Waals surface area contributed by atoms with Crippen molar-refractivity contribution < 1.29 is 18.0 Å². The number of aromatic nitrogens is 1. The number of nitrogens with zero attached hydrogens (tertiary/aromatic N) is 3. The molecule has 0 aliphatic carbocycles. The van der Waals surface area contributed by atoms with Crippen molar-refractivity contribution in [2.24, 2.45) is 0 Å². The number of carbonyl (C=O) groups excluding carboxylic acids is 1. The number of rotatable bonds is 5. The molecular formula is C24H25F3N4O. The molecule has 1 aromatic heterocycles. The summed E-state index contributed by atoms with van der Waals surface area (Å²) in [6.45, 7) is 4.74. The Kier molecular flexibility index (Phi) is 6.32. The van der Waals surface area contributed by atoms with E-state index in [1.165, 1.54) is 6.07 Å². The van der Waals surface area contributed by atoms with Crippen LogP contribution in [0.3, 0.4) is 0 Å². The van der Waals surface area contributed by atoms with Crippen molar-refractivity contribution >= 4 is 22.5 Å². The Morgan fingerprint density at radius 3 is 2.44 bits per heavy atom. The van der Waals surface area contributed by atoms with Crippen LogP contribution in [0.15, 0.2) is 60.8 Å². The number of hydrogen-bond donors (Lipinski definition) is 1. The van der Waals surface area contributed by atoms with Crippen molar-refractivity contribution in [2.45, 2.75) is 19.1 Å². The summed E-state index contributed by atoms with van der Waals surface area (Å²) >= 11 is 0. The highest BCUT2D eigenvalue weighted by molar-refractivity contribution is 5.87. The van der Waals surface area contributed by atoms with E-state index in [1.54, 1.807) is 0 Å². The molecule has 32 heavy (non-hydrogen) atoms. The number of nitrogens with one attached hydrogen (secondary N) is 1. The van der Waals surface area contributed by atoms with Gasteiger partial charge in [-0.05, 0) is 35.4 Å². The number of amides is 1. The number of benzene rings is 2. The van der Waals surface area contributed by atoms with Crippen molar-refractivity contribution in [1.29, 1.82) is 0 Å². The standard InChI is InChI=1S/C24H25F3N4O/c1-17(20-8-4-6-18-5-2-3-7-21(18)20)29-23(32)16-30-11-13-31(14-12-30)22-10-9-19(15-28-22)24(25,26)27/h2-10,15,17H,11-14,16H2,1H3,(H,29,32). The van der Waals surface area contributed by atoms with E-state index in [2.05, 4.69) is 28.5 Å². The lowest BCUT2D eigenvalue weighted by molar-refractivity contribution is -0.137. The quantitative estimate of drug-likeness (QED) is 0.642. The Labute approximate surface area is 184 Å². The van der Waals surface area contributed by atoms with Crippen molar-refractivity contribution in [1.82, 2.24) is 15.2 Å². The second kappa shape index (κ2) is 9.16. The van der Waals surface area contributed by atoms with Crippen LogP contribution in [0.2, 0.25) is 0 Å². The lowest BCUT2D eigenvalue weighted by atomic mass is 10.00. The molecule has 2 aromatic carbocycles. The van der Waals surface area contributed by atoms with Crippen molar-refractivity contribution in [3.8, 4) is 0 Å². The smallest absolute Gasteiger partial charge is 0.354 e. The monoisotopic (exact) mass is 442 g/mol. The van der Waals surface area contributed by atoms with Crippen LogP contribution in [-0.2, 0) is 11.0 Å². The van der Waals surface area contributed by atoms with Crippen LogP contribution in [0.5, 0.6) is 0 Å². The number of fused-ring (bicyclic) bond motifs is 1. The lowest BCUT2D eigenvalue weighted by Crippen LogP contribution is -2.50. The fourth-order valence-corrected chi connectivity index (χ4v) is 4.07. The highest BCUT2D eigenvalue weighted by atomic mass is 19.4. The number of halogens is 3. The predicted molar refractivity (Wildman–Crippen MR) is 118 cm³/mol. The Morgan fingerprint density at radius 1 is 1.03 bits per heavy atom. The van der Waals surface area contributed by atoms with Gasteiger partial charge in [0.15, 0.2) is 0 Å². The molecule has 3 aromatic rings. The fourth-order valence-electron chi connectivity index (χ4n) is 4.07. The van der Waals surface area contributed by atoms with Gasteiger partial charge in [0.05, 0.1) is 18.2 Å². The third-order valence-corrected chi connectivity index (χ3v) is 5.81. The van der Waals surface area contributed by atoms with E-state index in [9.17, 15) is 18.0 Å². The first kappa shape index (κ1) is 22.1. The molecule has 0 saturated carbocycles. The van der Waals surface area contributed by atoms with E-state index in [-0.39, 0.29) is 18.5 Å². The van der Waals surface area contributed by atoms with Crippen LogP contribution in [0, 0.1) is 0 Å². The highest BCUT2D eigenvalue weighted by Crippen LogP contribution is 2.29. The van der Waals surface area contributed by atoms with E-state index in [0.717, 1.165) is 28.6 Å². The van der Waals surface area contributed by atoms with Gasteiger partial charge in [-0.1, -0.05) is 42.5 Å². The zero-order valence-corrected chi connectivity index (χ0v) is 17.8. The Bertz CT molecular complexity index is 1070. The molecule has 1 atom stereocenters. The minimum absolute atomic E-state index is 0.0495. The molecule has 0 spiro atoms. The third kappa shape index (κ3) is 5.02. The molecule has 4 rings (SSSR count). The van der Waals surface area contributed by atoms with Crippen molar-refractivity contribution in [3.05, 3.63) is 71.9 Å². The summed E-state index contributed by atoms with van der Waals surface area (Å²) < 4.78 is 38.1. The third-order valence-electron chi connectivity index (χ3n) is 5.81. The van der Waals surface area contributed by atoms with E-state index < -0.39 is 11.7 Å². The van der Waals surface area contributed by atoms with Gasteiger partial charge in [-0.3, -0.25) is 9.69 Å². The van der Waals surface area contributed by atoms with Crippen LogP contribution in [-0.4, -0.2) is 48.5 Å². The van der Waals surface area contributed by atoms with E-state index >= 15 is 0 Å². The maximum absolute atomic E-state index is 12.7. The molecule has 1 fully saturated rings. The topological polar surface area (TPSA) is 48.5 Å². The number of carbonyl (C=O) groups is 1. The molecule has 2 heterocycles. The maximum atomic E-state index is 12.7. The molecule has 8 heteroatoms. The van der Waals surface area contributed by atoms with Crippen LogP contribution in [0.25, 0.3) is 10.8 Å². The molecule has 168 valence electrons. The summed E-state index contributed by atoms with van der Waals surface area (Å²) in [5.41, 5.74) is 0.325. The molecule has 1 aliphatic rings. The molecule has 1 unspecified atom stereocenters. The number of alkyl halides is 3. The van der Waals surface area contributed by atoms with Gasteiger partial charge in [0, 0.05) is 32.4 Å². The van der Waals surface area contributed by atoms with Gasteiger partial charge >= 0.3 is 6.18 Å². The summed E-state index contributed by atoms with van der Waals surface area (Å²) in [6.07, 6.45) is -3.52. The minimum Gasteiger partial charge on any atom is -0.354 e. The Balaban J connectivity index is 1.30. The van der Waals surface area contributed by atoms with Crippen LogP contribution >= 0.6 is 0 Å². The minimum atomic E-state index is -4.39. The summed E-state index contributed by atoms with van der Waals surface area (Å²) in [7, 11) is 0. The summed E-state index contributed by atoms with van der Waals surface area (Å²) in [6, 6.07) is 16.5. The normalized spacial score (nSPS) is 16.2. The van der Waals surface area contributed by atoms with Gasteiger partial charge in [-0.15, -0.1) is 0 Å².